The van der Waals surface area contributed by atoms with E-state index in [0.29, 0.717) is 38.9 Å². The first-order valence-corrected chi connectivity index (χ1v) is 6.92. The number of ketones is 1. The van der Waals surface area contributed by atoms with Crippen LogP contribution in [0.15, 0.2) is 40.9 Å². The molecular formula is C16H13BrO4. The number of halogens is 1. The van der Waals surface area contributed by atoms with Crippen molar-refractivity contribution in [3.05, 3.63) is 57.6 Å². The van der Waals surface area contributed by atoms with Crippen LogP contribution in [0, 0.1) is 0 Å². The maximum absolute atomic E-state index is 12.6. The molecule has 0 aromatic heterocycles. The minimum absolute atomic E-state index is 0.202. The molecule has 21 heavy (non-hydrogen) atoms. The number of benzene rings is 2. The van der Waals surface area contributed by atoms with E-state index in [-0.39, 0.29) is 5.78 Å². The largest absolute Gasteiger partial charge is 0.493 e. The summed E-state index contributed by atoms with van der Waals surface area (Å²) in [4.78, 5) is 23.5. The summed E-state index contributed by atoms with van der Waals surface area (Å²) in [6.07, 6.45) is 0.704. The van der Waals surface area contributed by atoms with Gasteiger partial charge in [0.1, 0.15) is 0 Å². The van der Waals surface area contributed by atoms with Crippen molar-refractivity contribution in [2.24, 2.45) is 0 Å². The van der Waals surface area contributed by atoms with Gasteiger partial charge in [-0.15, -0.1) is 0 Å². The molecule has 0 aliphatic carbocycles. The van der Waals surface area contributed by atoms with E-state index in [1.807, 2.05) is 0 Å². The summed E-state index contributed by atoms with van der Waals surface area (Å²) in [5, 5.41) is 0. The Kier molecular flexibility index (Phi) is 4.75. The molecule has 0 amide bonds. The lowest BCUT2D eigenvalue weighted by atomic mass is 10.0. The van der Waals surface area contributed by atoms with Gasteiger partial charge in [-0.25, -0.2) is 0 Å². The van der Waals surface area contributed by atoms with Crippen molar-refractivity contribution >= 4 is 28.0 Å². The van der Waals surface area contributed by atoms with E-state index in [9.17, 15) is 9.59 Å². The average molecular weight is 349 g/mol. The zero-order chi connectivity index (χ0) is 15.4. The van der Waals surface area contributed by atoms with Crippen molar-refractivity contribution in [3.63, 3.8) is 0 Å². The van der Waals surface area contributed by atoms with Crippen LogP contribution in [0.5, 0.6) is 11.5 Å². The van der Waals surface area contributed by atoms with Crippen molar-refractivity contribution in [1.29, 1.82) is 0 Å². The summed E-state index contributed by atoms with van der Waals surface area (Å²) in [5.74, 6) is 0.826. The molecule has 0 radical (unpaired) electrons. The fourth-order valence-corrected chi connectivity index (χ4v) is 2.49. The standard InChI is InChI=1S/C16H13BrO4/c1-20-13-7-6-10(8-14(13)21-2)16(19)12-5-3-4-11(9-18)15(12)17/h3-9H,1-2H3. The zero-order valence-electron chi connectivity index (χ0n) is 11.6. The monoisotopic (exact) mass is 348 g/mol. The Morgan fingerprint density at radius 3 is 2.43 bits per heavy atom. The Balaban J connectivity index is 2.48. The Labute approximate surface area is 130 Å². The molecule has 0 N–H and O–H groups in total. The van der Waals surface area contributed by atoms with Gasteiger partial charge in [-0.05, 0) is 40.2 Å². The minimum Gasteiger partial charge on any atom is -0.493 e. The van der Waals surface area contributed by atoms with Crippen LogP contribution in [-0.2, 0) is 0 Å². The highest BCUT2D eigenvalue weighted by Gasteiger charge is 2.16. The number of carbonyl (C=O) groups is 2. The normalized spacial score (nSPS) is 10.0. The number of rotatable bonds is 5. The van der Waals surface area contributed by atoms with Crippen LogP contribution in [0.2, 0.25) is 0 Å². The number of hydrogen-bond acceptors (Lipinski definition) is 4. The van der Waals surface area contributed by atoms with E-state index in [4.69, 9.17) is 9.47 Å². The molecule has 2 rings (SSSR count). The molecule has 0 unspecified atom stereocenters. The molecule has 0 aliphatic rings. The van der Waals surface area contributed by atoms with Gasteiger partial charge < -0.3 is 9.47 Å². The van der Waals surface area contributed by atoms with Crippen molar-refractivity contribution in [1.82, 2.24) is 0 Å². The quantitative estimate of drug-likeness (QED) is 0.612. The molecule has 2 aromatic rings. The number of methoxy groups -OCH3 is 2. The Hall–Kier alpha value is -2.14. The lowest BCUT2D eigenvalue weighted by Crippen LogP contribution is -2.04. The second kappa shape index (κ2) is 6.54. The van der Waals surface area contributed by atoms with E-state index >= 15 is 0 Å². The fraction of sp³-hybridized carbons (Fsp3) is 0.125. The predicted molar refractivity (Wildman–Crippen MR) is 82.5 cm³/mol. The predicted octanol–water partition coefficient (Wildman–Crippen LogP) is 3.51. The number of aldehydes is 1. The second-order valence-corrected chi connectivity index (χ2v) is 5.02. The minimum atomic E-state index is -0.202. The van der Waals surface area contributed by atoms with E-state index in [2.05, 4.69) is 15.9 Å². The molecule has 5 heteroatoms. The smallest absolute Gasteiger partial charge is 0.194 e. The van der Waals surface area contributed by atoms with Crippen LogP contribution in [-0.4, -0.2) is 26.3 Å². The summed E-state index contributed by atoms with van der Waals surface area (Å²) in [7, 11) is 3.04. The van der Waals surface area contributed by atoms with Gasteiger partial charge in [0, 0.05) is 21.2 Å². The third-order valence-electron chi connectivity index (χ3n) is 3.05. The topological polar surface area (TPSA) is 52.6 Å². The number of carbonyl (C=O) groups excluding carboxylic acids is 2. The van der Waals surface area contributed by atoms with Gasteiger partial charge in [0.05, 0.1) is 14.2 Å². The maximum Gasteiger partial charge on any atom is 0.194 e. The van der Waals surface area contributed by atoms with Crippen LogP contribution in [0.4, 0.5) is 0 Å². The zero-order valence-corrected chi connectivity index (χ0v) is 13.1. The van der Waals surface area contributed by atoms with E-state index in [1.54, 1.807) is 36.4 Å². The summed E-state index contributed by atoms with van der Waals surface area (Å²) in [6.45, 7) is 0. The lowest BCUT2D eigenvalue weighted by Gasteiger charge is -2.10. The highest BCUT2D eigenvalue weighted by Crippen LogP contribution is 2.30. The van der Waals surface area contributed by atoms with Gasteiger partial charge in [0.2, 0.25) is 0 Å². The highest BCUT2D eigenvalue weighted by atomic mass is 79.9. The lowest BCUT2D eigenvalue weighted by molar-refractivity contribution is 0.103. The maximum atomic E-state index is 12.6. The van der Waals surface area contributed by atoms with Crippen LogP contribution in [0.25, 0.3) is 0 Å². The first-order chi connectivity index (χ1) is 10.1. The Bertz CT molecular complexity index is 695. The summed E-state index contributed by atoms with van der Waals surface area (Å²) >= 11 is 3.30. The molecular weight excluding hydrogens is 336 g/mol. The van der Waals surface area contributed by atoms with Gasteiger partial charge in [-0.1, -0.05) is 12.1 Å². The third-order valence-corrected chi connectivity index (χ3v) is 3.93. The van der Waals surface area contributed by atoms with Crippen LogP contribution in [0.1, 0.15) is 26.3 Å². The Morgan fingerprint density at radius 2 is 1.81 bits per heavy atom. The van der Waals surface area contributed by atoms with Crippen LogP contribution >= 0.6 is 15.9 Å². The van der Waals surface area contributed by atoms with Crippen LogP contribution < -0.4 is 9.47 Å². The molecule has 0 saturated heterocycles. The highest BCUT2D eigenvalue weighted by molar-refractivity contribution is 9.10. The average Bonchev–Trinajstić information content (AvgIpc) is 2.53. The molecule has 0 fully saturated rings. The molecule has 2 aromatic carbocycles. The molecule has 4 nitrogen and oxygen atoms in total. The number of ether oxygens (including phenoxy) is 2. The molecule has 0 bridgehead atoms. The molecule has 0 aliphatic heterocycles. The van der Waals surface area contributed by atoms with Crippen molar-refractivity contribution in [3.8, 4) is 11.5 Å². The summed E-state index contributed by atoms with van der Waals surface area (Å²) in [6, 6.07) is 9.91. The Morgan fingerprint density at radius 1 is 1.10 bits per heavy atom. The SMILES string of the molecule is COc1ccc(C(=O)c2cccc(C=O)c2Br)cc1OC. The summed E-state index contributed by atoms with van der Waals surface area (Å²) < 4.78 is 10.8. The first-order valence-electron chi connectivity index (χ1n) is 6.12. The van der Waals surface area contributed by atoms with E-state index in [0.717, 1.165) is 0 Å². The van der Waals surface area contributed by atoms with Crippen molar-refractivity contribution in [2.75, 3.05) is 14.2 Å². The van der Waals surface area contributed by atoms with Gasteiger partial charge in [0.25, 0.3) is 0 Å². The van der Waals surface area contributed by atoms with E-state index in [1.165, 1.54) is 14.2 Å². The van der Waals surface area contributed by atoms with E-state index < -0.39 is 0 Å². The number of hydrogen-bond donors (Lipinski definition) is 0. The molecule has 0 saturated carbocycles. The van der Waals surface area contributed by atoms with Gasteiger partial charge in [-0.2, -0.15) is 0 Å². The van der Waals surface area contributed by atoms with Gasteiger partial charge in [-0.3, -0.25) is 9.59 Å². The first kappa shape index (κ1) is 15.3. The van der Waals surface area contributed by atoms with Gasteiger partial charge >= 0.3 is 0 Å². The molecule has 108 valence electrons. The second-order valence-electron chi connectivity index (χ2n) is 4.23. The summed E-state index contributed by atoms with van der Waals surface area (Å²) in [5.41, 5.74) is 1.31. The molecule has 0 spiro atoms. The molecule has 0 atom stereocenters. The molecule has 0 heterocycles. The third kappa shape index (κ3) is 2.97. The van der Waals surface area contributed by atoms with Crippen LogP contribution in [0.3, 0.4) is 0 Å². The van der Waals surface area contributed by atoms with Crippen molar-refractivity contribution < 1.29 is 19.1 Å². The van der Waals surface area contributed by atoms with Gasteiger partial charge in [0.15, 0.2) is 23.6 Å². The fourth-order valence-electron chi connectivity index (χ4n) is 1.95. The van der Waals surface area contributed by atoms with Crippen molar-refractivity contribution in [2.45, 2.75) is 0 Å².